The molecule has 0 fully saturated rings. The number of ether oxygens (including phenoxy) is 5. The fourth-order valence-electron chi connectivity index (χ4n) is 3.25. The van der Waals surface area contributed by atoms with Gasteiger partial charge in [0.15, 0.2) is 0 Å². The summed E-state index contributed by atoms with van der Waals surface area (Å²) in [6.07, 6.45) is -4.26. The second kappa shape index (κ2) is 12.8. The first kappa shape index (κ1) is 27.5. The maximum atomic E-state index is 13.2. The van der Waals surface area contributed by atoms with E-state index in [-0.39, 0.29) is 16.8 Å². The van der Waals surface area contributed by atoms with Crippen molar-refractivity contribution in [1.29, 1.82) is 0 Å². The molecule has 3 rings (SSSR count). The lowest BCUT2D eigenvalue weighted by molar-refractivity contribution is -0.157. The Morgan fingerprint density at radius 3 is 1.58 bits per heavy atom. The maximum Gasteiger partial charge on any atom is 0.349 e. The number of carboxylic acid groups (broad SMARTS) is 1. The zero-order chi connectivity index (χ0) is 27.7. The fraction of sp³-hybridized carbons (Fsp3) is 0.185. The van der Waals surface area contributed by atoms with Crippen LogP contribution in [0, 0.1) is 0 Å². The molecule has 0 aliphatic rings. The first-order valence-corrected chi connectivity index (χ1v) is 11.1. The van der Waals surface area contributed by atoms with Gasteiger partial charge in [0, 0.05) is 5.69 Å². The zero-order valence-corrected chi connectivity index (χ0v) is 20.7. The Morgan fingerprint density at radius 1 is 0.658 bits per heavy atom. The van der Waals surface area contributed by atoms with Crippen molar-refractivity contribution in [2.45, 2.75) is 12.2 Å². The number of carbonyl (C=O) groups is 4. The number of anilines is 1. The molecule has 0 heterocycles. The molecule has 0 aliphatic heterocycles. The molecule has 3 aromatic rings. The van der Waals surface area contributed by atoms with Gasteiger partial charge in [-0.1, -0.05) is 12.1 Å². The standard InChI is InChI=1S/C27H25NO10/c1-34-19-12-10-18(11-13-19)28-24(29)22(37-26(32)16-6-4-8-20(14-16)35-2)23(25(30)31)38-27(33)17-7-5-9-21(15-17)36-3/h4-15,22-23H,1-3H3,(H,28,29)(H,30,31)/t22-,23-/m0/s1. The molecular weight excluding hydrogens is 498 g/mol. The van der Waals surface area contributed by atoms with Gasteiger partial charge in [0.1, 0.15) is 17.2 Å². The van der Waals surface area contributed by atoms with Crippen LogP contribution in [0.25, 0.3) is 0 Å². The van der Waals surface area contributed by atoms with E-state index >= 15 is 0 Å². The minimum Gasteiger partial charge on any atom is -0.497 e. The van der Waals surface area contributed by atoms with Crippen LogP contribution in [0.3, 0.4) is 0 Å². The summed E-state index contributed by atoms with van der Waals surface area (Å²) in [5.41, 5.74) is 0.195. The summed E-state index contributed by atoms with van der Waals surface area (Å²) < 4.78 is 25.7. The number of aliphatic carboxylic acids is 1. The van der Waals surface area contributed by atoms with Crippen LogP contribution in [0.15, 0.2) is 72.8 Å². The lowest BCUT2D eigenvalue weighted by atomic mass is 10.1. The van der Waals surface area contributed by atoms with Crippen molar-refractivity contribution in [3.63, 3.8) is 0 Å². The highest BCUT2D eigenvalue weighted by Gasteiger charge is 2.41. The third kappa shape index (κ3) is 7.00. The van der Waals surface area contributed by atoms with Gasteiger partial charge in [0.25, 0.3) is 5.91 Å². The third-order valence-corrected chi connectivity index (χ3v) is 5.21. The Labute approximate surface area is 217 Å². The van der Waals surface area contributed by atoms with Crippen LogP contribution >= 0.6 is 0 Å². The molecule has 38 heavy (non-hydrogen) atoms. The molecule has 0 spiro atoms. The normalized spacial score (nSPS) is 11.9. The van der Waals surface area contributed by atoms with E-state index in [0.717, 1.165) is 0 Å². The van der Waals surface area contributed by atoms with Crippen molar-refractivity contribution < 1.29 is 48.0 Å². The van der Waals surface area contributed by atoms with E-state index in [0.29, 0.717) is 17.2 Å². The molecule has 1 amide bonds. The van der Waals surface area contributed by atoms with Crippen molar-refractivity contribution in [1.82, 2.24) is 0 Å². The molecule has 2 atom stereocenters. The summed E-state index contributed by atoms with van der Waals surface area (Å²) in [5.74, 6) is -3.70. The van der Waals surface area contributed by atoms with Crippen LogP contribution in [0.4, 0.5) is 5.69 Å². The maximum absolute atomic E-state index is 13.2. The number of benzene rings is 3. The highest BCUT2D eigenvalue weighted by molar-refractivity contribution is 6.01. The molecule has 0 aliphatic carbocycles. The molecule has 11 heteroatoms. The predicted octanol–water partition coefficient (Wildman–Crippen LogP) is 3.19. The molecule has 0 unspecified atom stereocenters. The van der Waals surface area contributed by atoms with Crippen LogP contribution in [-0.4, -0.2) is 62.5 Å². The van der Waals surface area contributed by atoms with E-state index < -0.39 is 36.0 Å². The van der Waals surface area contributed by atoms with Crippen molar-refractivity contribution in [3.8, 4) is 17.2 Å². The molecule has 2 N–H and O–H groups in total. The summed E-state index contributed by atoms with van der Waals surface area (Å²) in [5, 5.41) is 12.3. The third-order valence-electron chi connectivity index (χ3n) is 5.21. The van der Waals surface area contributed by atoms with Crippen LogP contribution in [0.1, 0.15) is 20.7 Å². The predicted molar refractivity (Wildman–Crippen MR) is 134 cm³/mol. The molecule has 0 radical (unpaired) electrons. The van der Waals surface area contributed by atoms with Gasteiger partial charge in [0.2, 0.25) is 12.2 Å². The Kier molecular flexibility index (Phi) is 9.25. The minimum atomic E-state index is -2.19. The average Bonchev–Trinajstić information content (AvgIpc) is 2.94. The number of esters is 2. The number of amides is 1. The fourth-order valence-corrected chi connectivity index (χ4v) is 3.25. The summed E-state index contributed by atoms with van der Waals surface area (Å²) in [4.78, 5) is 51.1. The molecule has 0 saturated carbocycles. The largest absolute Gasteiger partial charge is 0.497 e. The van der Waals surface area contributed by atoms with Crippen LogP contribution < -0.4 is 19.5 Å². The van der Waals surface area contributed by atoms with E-state index in [1.165, 1.54) is 69.9 Å². The van der Waals surface area contributed by atoms with Gasteiger partial charge in [0.05, 0.1) is 32.5 Å². The Morgan fingerprint density at radius 2 is 1.13 bits per heavy atom. The Bertz CT molecular complexity index is 1310. The quantitative estimate of drug-likeness (QED) is 0.359. The highest BCUT2D eigenvalue weighted by Crippen LogP contribution is 2.20. The molecule has 0 aromatic heterocycles. The lowest BCUT2D eigenvalue weighted by Gasteiger charge is -2.23. The lowest BCUT2D eigenvalue weighted by Crippen LogP contribution is -2.48. The molecular formula is C27H25NO10. The second-order valence-electron chi connectivity index (χ2n) is 7.67. The molecule has 3 aromatic carbocycles. The van der Waals surface area contributed by atoms with Gasteiger partial charge < -0.3 is 34.1 Å². The van der Waals surface area contributed by atoms with Crippen LogP contribution in [0.5, 0.6) is 17.2 Å². The summed E-state index contributed by atoms with van der Waals surface area (Å²) in [7, 11) is 4.26. The van der Waals surface area contributed by atoms with Gasteiger partial charge in [-0.15, -0.1) is 0 Å². The smallest absolute Gasteiger partial charge is 0.349 e. The van der Waals surface area contributed by atoms with Crippen LogP contribution in [-0.2, 0) is 19.1 Å². The van der Waals surface area contributed by atoms with Crippen LogP contribution in [0.2, 0.25) is 0 Å². The van der Waals surface area contributed by atoms with Gasteiger partial charge in [-0.25, -0.2) is 14.4 Å². The van der Waals surface area contributed by atoms with Crippen molar-refractivity contribution in [2.75, 3.05) is 26.6 Å². The number of carbonyl (C=O) groups excluding carboxylic acids is 3. The molecule has 11 nitrogen and oxygen atoms in total. The van der Waals surface area contributed by atoms with Crippen molar-refractivity contribution in [3.05, 3.63) is 83.9 Å². The van der Waals surface area contributed by atoms with E-state index in [1.54, 1.807) is 24.3 Å². The number of hydrogen-bond donors (Lipinski definition) is 2. The summed E-state index contributed by atoms with van der Waals surface area (Å²) >= 11 is 0. The molecule has 198 valence electrons. The Balaban J connectivity index is 1.92. The number of hydrogen-bond acceptors (Lipinski definition) is 9. The second-order valence-corrected chi connectivity index (χ2v) is 7.67. The number of rotatable bonds is 11. The SMILES string of the molecule is COc1ccc(NC(=O)[C@@H](OC(=O)c2cccc(OC)c2)[C@H](OC(=O)c2cccc(OC)c2)C(=O)O)cc1. The number of methoxy groups -OCH3 is 3. The van der Waals surface area contributed by atoms with E-state index in [9.17, 15) is 24.3 Å². The van der Waals surface area contributed by atoms with Crippen molar-refractivity contribution in [2.24, 2.45) is 0 Å². The molecule has 0 saturated heterocycles. The van der Waals surface area contributed by atoms with Crippen molar-refractivity contribution >= 4 is 29.5 Å². The van der Waals surface area contributed by atoms with Gasteiger partial charge in [-0.3, -0.25) is 4.79 Å². The highest BCUT2D eigenvalue weighted by atomic mass is 16.6. The van der Waals surface area contributed by atoms with Gasteiger partial charge >= 0.3 is 17.9 Å². The van der Waals surface area contributed by atoms with E-state index in [4.69, 9.17) is 23.7 Å². The topological polar surface area (TPSA) is 147 Å². The summed E-state index contributed by atoms with van der Waals surface area (Å²) in [6.45, 7) is 0. The van der Waals surface area contributed by atoms with E-state index in [1.807, 2.05) is 0 Å². The number of nitrogens with one attached hydrogen (secondary N) is 1. The van der Waals surface area contributed by atoms with E-state index in [2.05, 4.69) is 5.32 Å². The summed E-state index contributed by atoms with van der Waals surface area (Å²) in [6, 6.07) is 17.7. The van der Waals surface area contributed by atoms with Gasteiger partial charge in [-0.2, -0.15) is 0 Å². The first-order valence-electron chi connectivity index (χ1n) is 11.1. The first-order chi connectivity index (χ1) is 18.2. The monoisotopic (exact) mass is 523 g/mol. The zero-order valence-electron chi connectivity index (χ0n) is 20.7. The molecule has 0 bridgehead atoms. The number of carboxylic acids is 1. The van der Waals surface area contributed by atoms with Gasteiger partial charge in [-0.05, 0) is 60.7 Å². The minimum absolute atomic E-state index is 0.0186. The average molecular weight is 523 g/mol. The Hall–Kier alpha value is -5.06.